The molecule has 27 heavy (non-hydrogen) atoms. The summed E-state index contributed by atoms with van der Waals surface area (Å²) in [6, 6.07) is 10.2. The van der Waals surface area contributed by atoms with Gasteiger partial charge in [0.25, 0.3) is 0 Å². The highest BCUT2D eigenvalue weighted by Crippen LogP contribution is 2.28. The van der Waals surface area contributed by atoms with E-state index in [4.69, 9.17) is 4.42 Å². The summed E-state index contributed by atoms with van der Waals surface area (Å²) < 4.78 is 5.46. The lowest BCUT2D eigenvalue weighted by Crippen LogP contribution is -2.27. The second-order valence-corrected chi connectivity index (χ2v) is 6.74. The Hall–Kier alpha value is -3.42. The molecule has 8 heteroatoms. The lowest BCUT2D eigenvalue weighted by atomic mass is 9.93. The van der Waals surface area contributed by atoms with E-state index in [0.717, 1.165) is 28.1 Å². The van der Waals surface area contributed by atoms with Crippen LogP contribution in [0.2, 0.25) is 0 Å². The Labute approximate surface area is 155 Å². The Morgan fingerprint density at radius 1 is 1.07 bits per heavy atom. The summed E-state index contributed by atoms with van der Waals surface area (Å²) in [4.78, 5) is 12.4. The zero-order chi connectivity index (χ0) is 18.2. The van der Waals surface area contributed by atoms with Gasteiger partial charge in [0.2, 0.25) is 17.7 Å². The fraction of sp³-hybridized carbons (Fsp3) is 0.263. The normalized spacial score (nSPS) is 14.3. The Morgan fingerprint density at radius 3 is 2.63 bits per heavy atom. The predicted molar refractivity (Wildman–Crippen MR) is 103 cm³/mol. The molecule has 8 nitrogen and oxygen atoms in total. The number of anilines is 3. The number of hydrogen-bond donors (Lipinski definition) is 3. The van der Waals surface area contributed by atoms with E-state index in [1.807, 2.05) is 36.5 Å². The highest BCUT2D eigenvalue weighted by Gasteiger charge is 2.19. The fourth-order valence-electron chi connectivity index (χ4n) is 3.09. The molecular formula is C19H19N7O. The minimum absolute atomic E-state index is 0.503. The number of rotatable bonds is 5. The molecule has 3 heterocycles. The van der Waals surface area contributed by atoms with Gasteiger partial charge < -0.3 is 20.0 Å². The summed E-state index contributed by atoms with van der Waals surface area (Å²) in [6.07, 6.45) is 5.54. The number of aryl methyl sites for hydroxylation is 1. The third-order valence-electron chi connectivity index (χ3n) is 4.78. The average Bonchev–Trinajstić information content (AvgIpc) is 3.27. The molecule has 3 aromatic heterocycles. The summed E-state index contributed by atoms with van der Waals surface area (Å²) in [5, 5.41) is 15.7. The van der Waals surface area contributed by atoms with Crippen LogP contribution in [-0.2, 0) is 0 Å². The molecule has 0 bridgehead atoms. The SMILES string of the molecule is Cc1nnc(-c2ccc(Nc3nc(NC4CCC4)c4cc[nH]c4n3)cc2)o1. The van der Waals surface area contributed by atoms with E-state index in [-0.39, 0.29) is 0 Å². The van der Waals surface area contributed by atoms with Gasteiger partial charge in [-0.15, -0.1) is 10.2 Å². The Balaban J connectivity index is 1.40. The molecule has 4 aromatic rings. The lowest BCUT2D eigenvalue weighted by Gasteiger charge is -2.27. The van der Waals surface area contributed by atoms with Crippen LogP contribution >= 0.6 is 0 Å². The van der Waals surface area contributed by atoms with Crippen LogP contribution in [0.5, 0.6) is 0 Å². The maximum absolute atomic E-state index is 5.46. The molecule has 0 amide bonds. The maximum Gasteiger partial charge on any atom is 0.247 e. The van der Waals surface area contributed by atoms with Gasteiger partial charge >= 0.3 is 0 Å². The third kappa shape index (κ3) is 3.10. The van der Waals surface area contributed by atoms with Crippen molar-refractivity contribution in [3.05, 3.63) is 42.4 Å². The van der Waals surface area contributed by atoms with Gasteiger partial charge in [0.15, 0.2) is 0 Å². The maximum atomic E-state index is 5.46. The first-order valence-electron chi connectivity index (χ1n) is 9.04. The van der Waals surface area contributed by atoms with E-state index in [1.165, 1.54) is 19.3 Å². The molecule has 1 aliphatic carbocycles. The van der Waals surface area contributed by atoms with Gasteiger partial charge in [-0.1, -0.05) is 0 Å². The van der Waals surface area contributed by atoms with Crippen LogP contribution in [0.1, 0.15) is 25.2 Å². The molecular weight excluding hydrogens is 342 g/mol. The highest BCUT2D eigenvalue weighted by molar-refractivity contribution is 5.88. The molecule has 3 N–H and O–H groups in total. The number of nitrogens with zero attached hydrogens (tertiary/aromatic N) is 4. The smallest absolute Gasteiger partial charge is 0.247 e. The quantitative estimate of drug-likeness (QED) is 0.493. The molecule has 1 fully saturated rings. The van der Waals surface area contributed by atoms with Crippen molar-refractivity contribution in [1.29, 1.82) is 0 Å². The van der Waals surface area contributed by atoms with Gasteiger partial charge in [-0.3, -0.25) is 0 Å². The molecule has 1 aromatic carbocycles. The Morgan fingerprint density at radius 2 is 1.93 bits per heavy atom. The van der Waals surface area contributed by atoms with Crippen molar-refractivity contribution < 1.29 is 4.42 Å². The first-order valence-corrected chi connectivity index (χ1v) is 9.04. The van der Waals surface area contributed by atoms with Crippen LogP contribution in [0.3, 0.4) is 0 Å². The standard InChI is InChI=1S/C19H19N7O/c1-11-25-26-18(27-11)12-5-7-14(8-6-12)22-19-23-16-15(9-10-20-16)17(24-19)21-13-3-2-4-13/h5-10,13H,2-4H2,1H3,(H3,20,21,22,23,24). The number of aromatic nitrogens is 5. The van der Waals surface area contributed by atoms with Gasteiger partial charge in [-0.05, 0) is 49.6 Å². The molecule has 1 saturated carbocycles. The highest BCUT2D eigenvalue weighted by atomic mass is 16.4. The van der Waals surface area contributed by atoms with Crippen molar-refractivity contribution in [1.82, 2.24) is 25.1 Å². The van der Waals surface area contributed by atoms with Crippen LogP contribution in [0, 0.1) is 6.92 Å². The van der Waals surface area contributed by atoms with Crippen molar-refractivity contribution in [2.45, 2.75) is 32.2 Å². The molecule has 0 atom stereocenters. The summed E-state index contributed by atoms with van der Waals surface area (Å²) in [7, 11) is 0. The van der Waals surface area contributed by atoms with Crippen molar-refractivity contribution in [2.75, 3.05) is 10.6 Å². The van der Waals surface area contributed by atoms with Crippen molar-refractivity contribution in [3.63, 3.8) is 0 Å². The molecule has 0 aliphatic heterocycles. The fourth-order valence-corrected chi connectivity index (χ4v) is 3.09. The first-order chi connectivity index (χ1) is 13.2. The van der Waals surface area contributed by atoms with Gasteiger partial charge in [0, 0.05) is 30.4 Å². The topological polar surface area (TPSA) is 105 Å². The largest absolute Gasteiger partial charge is 0.421 e. The van der Waals surface area contributed by atoms with Crippen molar-refractivity contribution in [2.24, 2.45) is 0 Å². The Kier molecular flexibility index (Phi) is 3.74. The van der Waals surface area contributed by atoms with Gasteiger partial charge in [0.05, 0.1) is 5.39 Å². The second kappa shape index (κ2) is 6.39. The molecule has 5 rings (SSSR count). The zero-order valence-electron chi connectivity index (χ0n) is 14.9. The Bertz CT molecular complexity index is 1080. The van der Waals surface area contributed by atoms with Gasteiger partial charge in [-0.25, -0.2) is 0 Å². The number of H-pyrrole nitrogens is 1. The van der Waals surface area contributed by atoms with Crippen LogP contribution in [0.25, 0.3) is 22.5 Å². The third-order valence-corrected chi connectivity index (χ3v) is 4.78. The minimum Gasteiger partial charge on any atom is -0.421 e. The molecule has 1 aliphatic rings. The van der Waals surface area contributed by atoms with E-state index < -0.39 is 0 Å². The van der Waals surface area contributed by atoms with Crippen LogP contribution in [-0.4, -0.2) is 31.2 Å². The van der Waals surface area contributed by atoms with E-state index >= 15 is 0 Å². The van der Waals surface area contributed by atoms with Crippen LogP contribution < -0.4 is 10.6 Å². The van der Waals surface area contributed by atoms with E-state index in [0.29, 0.717) is 23.8 Å². The number of hydrogen-bond acceptors (Lipinski definition) is 7. The first kappa shape index (κ1) is 15.8. The number of nitrogens with one attached hydrogen (secondary N) is 3. The summed E-state index contributed by atoms with van der Waals surface area (Å²) in [6.45, 7) is 1.77. The van der Waals surface area contributed by atoms with E-state index in [9.17, 15) is 0 Å². The predicted octanol–water partition coefficient (Wildman–Crippen LogP) is 4.02. The van der Waals surface area contributed by atoms with Crippen molar-refractivity contribution >= 4 is 28.5 Å². The number of fused-ring (bicyclic) bond motifs is 1. The van der Waals surface area contributed by atoms with Crippen molar-refractivity contribution in [3.8, 4) is 11.5 Å². The minimum atomic E-state index is 0.503. The average molecular weight is 361 g/mol. The summed E-state index contributed by atoms with van der Waals surface area (Å²) in [5.74, 6) is 2.47. The molecule has 0 saturated heterocycles. The van der Waals surface area contributed by atoms with E-state index in [2.05, 4.69) is 35.8 Å². The lowest BCUT2D eigenvalue weighted by molar-refractivity contribution is 0.445. The number of benzene rings is 1. The molecule has 0 unspecified atom stereocenters. The summed E-state index contributed by atoms with van der Waals surface area (Å²) in [5.41, 5.74) is 2.57. The summed E-state index contributed by atoms with van der Waals surface area (Å²) >= 11 is 0. The molecule has 136 valence electrons. The van der Waals surface area contributed by atoms with Gasteiger partial charge in [0.1, 0.15) is 11.5 Å². The van der Waals surface area contributed by atoms with Crippen LogP contribution in [0.15, 0.2) is 40.9 Å². The van der Waals surface area contributed by atoms with Gasteiger partial charge in [-0.2, -0.15) is 9.97 Å². The monoisotopic (exact) mass is 361 g/mol. The molecule has 0 radical (unpaired) electrons. The van der Waals surface area contributed by atoms with Crippen LogP contribution in [0.4, 0.5) is 17.5 Å². The second-order valence-electron chi connectivity index (χ2n) is 6.74. The number of aromatic amines is 1. The molecule has 0 spiro atoms. The zero-order valence-corrected chi connectivity index (χ0v) is 14.9. The van der Waals surface area contributed by atoms with E-state index in [1.54, 1.807) is 6.92 Å².